The van der Waals surface area contributed by atoms with E-state index >= 15 is 0 Å². The van der Waals surface area contributed by atoms with Crippen LogP contribution in [0, 0.1) is 18.8 Å². The van der Waals surface area contributed by atoms with Crippen LogP contribution >= 0.6 is 0 Å². The van der Waals surface area contributed by atoms with Crippen molar-refractivity contribution in [2.45, 2.75) is 65.3 Å². The monoisotopic (exact) mass is 332 g/mol. The Balaban J connectivity index is 1.42. The third-order valence-corrected chi connectivity index (χ3v) is 5.65. The Morgan fingerprint density at radius 2 is 2.08 bits per heavy atom. The second-order valence-electron chi connectivity index (χ2n) is 7.58. The van der Waals surface area contributed by atoms with Crippen LogP contribution in [0.4, 0.5) is 0 Å². The van der Waals surface area contributed by atoms with E-state index < -0.39 is 0 Å². The second kappa shape index (κ2) is 8.15. The van der Waals surface area contributed by atoms with Crippen molar-refractivity contribution in [2.24, 2.45) is 11.8 Å². The standard InChI is InChI=1S/C19H32N4O/c1-3-18-21-14(2)17(22-18)13-23-10-9-15(12-23)11-20-19(24)16-7-5-4-6-8-16/h15-16H,3-13H2,1-2H3,(H,20,24)(H,21,22). The molecule has 5 nitrogen and oxygen atoms in total. The highest BCUT2D eigenvalue weighted by Crippen LogP contribution is 2.24. The molecule has 1 unspecified atom stereocenters. The van der Waals surface area contributed by atoms with Gasteiger partial charge in [-0.1, -0.05) is 26.2 Å². The van der Waals surface area contributed by atoms with E-state index in [-0.39, 0.29) is 5.92 Å². The average Bonchev–Trinajstić information content (AvgIpc) is 3.20. The van der Waals surface area contributed by atoms with Gasteiger partial charge in [0.25, 0.3) is 0 Å². The molecule has 1 aromatic heterocycles. The first kappa shape index (κ1) is 17.5. The van der Waals surface area contributed by atoms with E-state index in [1.54, 1.807) is 0 Å². The molecule has 1 aromatic rings. The van der Waals surface area contributed by atoms with Gasteiger partial charge in [0.2, 0.25) is 5.91 Å². The number of nitrogens with zero attached hydrogens (tertiary/aromatic N) is 2. The molecule has 1 saturated carbocycles. The summed E-state index contributed by atoms with van der Waals surface area (Å²) < 4.78 is 0. The van der Waals surface area contributed by atoms with E-state index in [0.717, 1.165) is 51.3 Å². The lowest BCUT2D eigenvalue weighted by Crippen LogP contribution is -2.36. The van der Waals surface area contributed by atoms with Gasteiger partial charge in [-0.05, 0) is 38.6 Å². The van der Waals surface area contributed by atoms with Gasteiger partial charge >= 0.3 is 0 Å². The van der Waals surface area contributed by atoms with Crippen LogP contribution in [0.25, 0.3) is 0 Å². The third kappa shape index (κ3) is 4.38. The number of aryl methyl sites for hydroxylation is 2. The van der Waals surface area contributed by atoms with E-state index in [1.807, 2.05) is 0 Å². The summed E-state index contributed by atoms with van der Waals surface area (Å²) in [6.07, 6.45) is 8.04. The van der Waals surface area contributed by atoms with Crippen molar-refractivity contribution in [3.8, 4) is 0 Å². The SMILES string of the molecule is CCc1nc(CN2CCC(CNC(=O)C3CCCCC3)C2)c(C)[nH]1. The van der Waals surface area contributed by atoms with Crippen molar-refractivity contribution in [1.29, 1.82) is 0 Å². The Hall–Kier alpha value is -1.36. The normalized spacial score (nSPS) is 22.8. The zero-order valence-electron chi connectivity index (χ0n) is 15.2. The molecule has 0 bridgehead atoms. The Labute approximate surface area is 145 Å². The average molecular weight is 332 g/mol. The fourth-order valence-electron chi connectivity index (χ4n) is 4.07. The smallest absolute Gasteiger partial charge is 0.223 e. The largest absolute Gasteiger partial charge is 0.356 e. The summed E-state index contributed by atoms with van der Waals surface area (Å²) >= 11 is 0. The molecule has 1 atom stereocenters. The first-order valence-corrected chi connectivity index (χ1v) is 9.70. The number of aromatic nitrogens is 2. The molecule has 1 saturated heterocycles. The summed E-state index contributed by atoms with van der Waals surface area (Å²) in [4.78, 5) is 22.8. The van der Waals surface area contributed by atoms with Crippen LogP contribution in [0.1, 0.15) is 62.7 Å². The molecule has 1 aliphatic heterocycles. The number of imidazole rings is 1. The first-order valence-electron chi connectivity index (χ1n) is 9.70. The van der Waals surface area contributed by atoms with Gasteiger partial charge in [0.1, 0.15) is 5.82 Å². The molecule has 2 aliphatic rings. The van der Waals surface area contributed by atoms with Gasteiger partial charge in [-0.25, -0.2) is 4.98 Å². The number of H-pyrrole nitrogens is 1. The second-order valence-corrected chi connectivity index (χ2v) is 7.58. The molecule has 2 heterocycles. The molecule has 134 valence electrons. The molecule has 24 heavy (non-hydrogen) atoms. The summed E-state index contributed by atoms with van der Waals surface area (Å²) in [6, 6.07) is 0. The van der Waals surface area contributed by atoms with Crippen LogP contribution in [-0.4, -0.2) is 40.4 Å². The van der Waals surface area contributed by atoms with Gasteiger partial charge < -0.3 is 10.3 Å². The quantitative estimate of drug-likeness (QED) is 0.842. The van der Waals surface area contributed by atoms with Gasteiger partial charge in [0.05, 0.1) is 5.69 Å². The van der Waals surface area contributed by atoms with Gasteiger partial charge in [0.15, 0.2) is 0 Å². The van der Waals surface area contributed by atoms with Crippen LogP contribution in [0.15, 0.2) is 0 Å². The third-order valence-electron chi connectivity index (χ3n) is 5.65. The molecule has 0 radical (unpaired) electrons. The molecular formula is C19H32N4O. The maximum absolute atomic E-state index is 12.3. The van der Waals surface area contributed by atoms with Crippen molar-refractivity contribution < 1.29 is 4.79 Å². The predicted molar refractivity (Wildman–Crippen MR) is 95.7 cm³/mol. The van der Waals surface area contributed by atoms with Crippen LogP contribution in [0.5, 0.6) is 0 Å². The van der Waals surface area contributed by atoms with Gasteiger partial charge in [-0.2, -0.15) is 0 Å². The Morgan fingerprint density at radius 3 is 2.79 bits per heavy atom. The van der Waals surface area contributed by atoms with Gasteiger partial charge in [-0.3, -0.25) is 9.69 Å². The minimum Gasteiger partial charge on any atom is -0.356 e. The fraction of sp³-hybridized carbons (Fsp3) is 0.789. The Morgan fingerprint density at radius 1 is 1.29 bits per heavy atom. The predicted octanol–water partition coefficient (Wildman–Crippen LogP) is 2.80. The lowest BCUT2D eigenvalue weighted by atomic mass is 9.88. The molecule has 5 heteroatoms. The van der Waals surface area contributed by atoms with E-state index in [2.05, 4.69) is 34.0 Å². The number of likely N-dealkylation sites (tertiary alicyclic amines) is 1. The number of amides is 1. The molecule has 3 rings (SSSR count). The minimum atomic E-state index is 0.274. The Bertz CT molecular complexity index is 548. The van der Waals surface area contributed by atoms with Gasteiger partial charge in [0, 0.05) is 37.7 Å². The zero-order chi connectivity index (χ0) is 16.9. The molecule has 2 N–H and O–H groups in total. The first-order chi connectivity index (χ1) is 11.7. The lowest BCUT2D eigenvalue weighted by Gasteiger charge is -2.22. The summed E-state index contributed by atoms with van der Waals surface area (Å²) in [7, 11) is 0. The topological polar surface area (TPSA) is 61.0 Å². The van der Waals surface area contributed by atoms with E-state index in [0.29, 0.717) is 11.8 Å². The van der Waals surface area contributed by atoms with Crippen molar-refractivity contribution >= 4 is 5.91 Å². The van der Waals surface area contributed by atoms with Crippen molar-refractivity contribution in [2.75, 3.05) is 19.6 Å². The molecular weight excluding hydrogens is 300 g/mol. The van der Waals surface area contributed by atoms with Crippen LogP contribution in [-0.2, 0) is 17.8 Å². The van der Waals surface area contributed by atoms with Crippen molar-refractivity contribution in [3.63, 3.8) is 0 Å². The van der Waals surface area contributed by atoms with Crippen LogP contribution in [0.2, 0.25) is 0 Å². The van der Waals surface area contributed by atoms with Crippen LogP contribution in [0.3, 0.4) is 0 Å². The highest BCUT2D eigenvalue weighted by Gasteiger charge is 2.26. The highest BCUT2D eigenvalue weighted by atomic mass is 16.1. The number of rotatable bonds is 6. The summed E-state index contributed by atoms with van der Waals surface area (Å²) in [6.45, 7) is 8.18. The number of hydrogen-bond acceptors (Lipinski definition) is 3. The number of nitrogens with one attached hydrogen (secondary N) is 2. The Kier molecular flexibility index (Phi) is 5.93. The molecule has 0 spiro atoms. The summed E-state index contributed by atoms with van der Waals surface area (Å²) in [5, 5.41) is 3.22. The summed E-state index contributed by atoms with van der Waals surface area (Å²) in [5.74, 6) is 2.24. The van der Waals surface area contributed by atoms with E-state index in [1.165, 1.54) is 37.1 Å². The number of aromatic amines is 1. The fourth-order valence-corrected chi connectivity index (χ4v) is 4.07. The van der Waals surface area contributed by atoms with E-state index in [4.69, 9.17) is 0 Å². The highest BCUT2D eigenvalue weighted by molar-refractivity contribution is 5.78. The number of hydrogen-bond donors (Lipinski definition) is 2. The number of carbonyl (C=O) groups is 1. The van der Waals surface area contributed by atoms with Crippen molar-refractivity contribution in [3.05, 3.63) is 17.2 Å². The minimum absolute atomic E-state index is 0.274. The number of carbonyl (C=O) groups excluding carboxylic acids is 1. The maximum Gasteiger partial charge on any atom is 0.223 e. The summed E-state index contributed by atoms with van der Waals surface area (Å²) in [5.41, 5.74) is 2.37. The van der Waals surface area contributed by atoms with Crippen molar-refractivity contribution in [1.82, 2.24) is 20.2 Å². The molecule has 0 aromatic carbocycles. The molecule has 1 aliphatic carbocycles. The van der Waals surface area contributed by atoms with E-state index in [9.17, 15) is 4.79 Å². The van der Waals surface area contributed by atoms with Crippen LogP contribution < -0.4 is 5.32 Å². The van der Waals surface area contributed by atoms with Gasteiger partial charge in [-0.15, -0.1) is 0 Å². The lowest BCUT2D eigenvalue weighted by molar-refractivity contribution is -0.126. The zero-order valence-corrected chi connectivity index (χ0v) is 15.2. The molecule has 2 fully saturated rings. The maximum atomic E-state index is 12.3. The molecule has 1 amide bonds.